The van der Waals surface area contributed by atoms with Gasteiger partial charge in [0, 0.05) is 36.7 Å². The average molecular weight is 285 g/mol. The molecule has 1 N–H and O–H groups in total. The fraction of sp³-hybridized carbons (Fsp3) is 0.471. The Kier molecular flexibility index (Phi) is 4.25. The van der Waals surface area contributed by atoms with Crippen LogP contribution in [0.15, 0.2) is 30.5 Å². The Morgan fingerprint density at radius 2 is 2.00 bits per heavy atom. The van der Waals surface area contributed by atoms with Crippen molar-refractivity contribution in [2.24, 2.45) is 0 Å². The molecule has 0 spiro atoms. The highest BCUT2D eigenvalue weighted by Crippen LogP contribution is 2.22. The SMILES string of the molecule is CCNCc1cn(CC(=O)N2CCCC2)c2ccccc12. The number of hydrogen-bond acceptors (Lipinski definition) is 2. The molecule has 0 bridgehead atoms. The van der Waals surface area contributed by atoms with E-state index in [4.69, 9.17) is 0 Å². The lowest BCUT2D eigenvalue weighted by Crippen LogP contribution is -2.30. The number of hydrogen-bond donors (Lipinski definition) is 1. The lowest BCUT2D eigenvalue weighted by molar-refractivity contribution is -0.130. The number of fused-ring (bicyclic) bond motifs is 1. The van der Waals surface area contributed by atoms with Gasteiger partial charge in [-0.3, -0.25) is 4.79 Å². The number of aromatic nitrogens is 1. The second-order valence-electron chi connectivity index (χ2n) is 5.67. The van der Waals surface area contributed by atoms with Crippen molar-refractivity contribution in [3.05, 3.63) is 36.0 Å². The molecule has 21 heavy (non-hydrogen) atoms. The van der Waals surface area contributed by atoms with Gasteiger partial charge in [-0.15, -0.1) is 0 Å². The number of likely N-dealkylation sites (tertiary alicyclic amines) is 1. The number of carbonyl (C=O) groups is 1. The Bertz CT molecular complexity index is 626. The maximum atomic E-state index is 12.4. The molecule has 1 aromatic carbocycles. The number of nitrogens with zero attached hydrogens (tertiary/aromatic N) is 2. The van der Waals surface area contributed by atoms with E-state index in [0.717, 1.165) is 44.5 Å². The van der Waals surface area contributed by atoms with Gasteiger partial charge in [0.15, 0.2) is 0 Å². The van der Waals surface area contributed by atoms with Crippen molar-refractivity contribution >= 4 is 16.8 Å². The van der Waals surface area contributed by atoms with Gasteiger partial charge < -0.3 is 14.8 Å². The van der Waals surface area contributed by atoms with Crippen LogP contribution in [-0.2, 0) is 17.9 Å². The van der Waals surface area contributed by atoms with Crippen molar-refractivity contribution in [2.45, 2.75) is 32.9 Å². The molecule has 0 radical (unpaired) electrons. The summed E-state index contributed by atoms with van der Waals surface area (Å²) in [5, 5.41) is 4.61. The molecule has 2 aromatic rings. The third-order valence-corrected chi connectivity index (χ3v) is 4.20. The van der Waals surface area contributed by atoms with E-state index in [-0.39, 0.29) is 5.91 Å². The standard InChI is InChI=1S/C17H23N3O/c1-2-18-11-14-12-20(16-8-4-3-7-15(14)16)13-17(21)19-9-5-6-10-19/h3-4,7-8,12,18H,2,5-6,9-11,13H2,1H3. The summed E-state index contributed by atoms with van der Waals surface area (Å²) in [7, 11) is 0. The Morgan fingerprint density at radius 3 is 2.76 bits per heavy atom. The van der Waals surface area contributed by atoms with Crippen LogP contribution in [0.25, 0.3) is 10.9 Å². The molecule has 3 rings (SSSR count). The van der Waals surface area contributed by atoms with Crippen molar-refractivity contribution in [3.63, 3.8) is 0 Å². The number of benzene rings is 1. The van der Waals surface area contributed by atoms with Gasteiger partial charge in [-0.05, 0) is 31.0 Å². The lowest BCUT2D eigenvalue weighted by atomic mass is 10.2. The highest BCUT2D eigenvalue weighted by Gasteiger charge is 2.19. The van der Waals surface area contributed by atoms with Crippen LogP contribution >= 0.6 is 0 Å². The first-order chi connectivity index (χ1) is 10.3. The zero-order valence-electron chi connectivity index (χ0n) is 12.6. The molecule has 2 heterocycles. The van der Waals surface area contributed by atoms with Gasteiger partial charge in [0.05, 0.1) is 0 Å². The zero-order chi connectivity index (χ0) is 14.7. The first kappa shape index (κ1) is 14.1. The molecule has 0 aliphatic carbocycles. The summed E-state index contributed by atoms with van der Waals surface area (Å²) in [5.41, 5.74) is 2.42. The van der Waals surface area contributed by atoms with Crippen LogP contribution in [-0.4, -0.2) is 35.0 Å². The second kappa shape index (κ2) is 6.31. The van der Waals surface area contributed by atoms with E-state index in [2.05, 4.69) is 41.2 Å². The van der Waals surface area contributed by atoms with Gasteiger partial charge in [-0.2, -0.15) is 0 Å². The van der Waals surface area contributed by atoms with Gasteiger partial charge in [-0.1, -0.05) is 25.1 Å². The van der Waals surface area contributed by atoms with Crippen LogP contribution in [0.1, 0.15) is 25.3 Å². The Hall–Kier alpha value is -1.81. The summed E-state index contributed by atoms with van der Waals surface area (Å²) >= 11 is 0. The Balaban J connectivity index is 1.85. The normalized spacial score (nSPS) is 15.0. The highest BCUT2D eigenvalue weighted by molar-refractivity contribution is 5.86. The van der Waals surface area contributed by atoms with E-state index in [1.54, 1.807) is 0 Å². The second-order valence-corrected chi connectivity index (χ2v) is 5.67. The van der Waals surface area contributed by atoms with Gasteiger partial charge in [-0.25, -0.2) is 0 Å². The third-order valence-electron chi connectivity index (χ3n) is 4.20. The summed E-state index contributed by atoms with van der Waals surface area (Å²) < 4.78 is 2.10. The van der Waals surface area contributed by atoms with Crippen molar-refractivity contribution in [2.75, 3.05) is 19.6 Å². The Morgan fingerprint density at radius 1 is 1.24 bits per heavy atom. The predicted octanol–water partition coefficient (Wildman–Crippen LogP) is 2.37. The van der Waals surface area contributed by atoms with Crippen molar-refractivity contribution in [1.29, 1.82) is 0 Å². The summed E-state index contributed by atoms with van der Waals surface area (Å²) in [6.07, 6.45) is 4.41. The molecule has 1 aliphatic heterocycles. The molecule has 0 saturated carbocycles. The van der Waals surface area contributed by atoms with Crippen LogP contribution in [0.2, 0.25) is 0 Å². The fourth-order valence-corrected chi connectivity index (χ4v) is 3.07. The summed E-state index contributed by atoms with van der Waals surface area (Å²) in [5.74, 6) is 0.239. The molecule has 1 amide bonds. The fourth-order valence-electron chi connectivity index (χ4n) is 3.07. The molecule has 1 aromatic heterocycles. The maximum Gasteiger partial charge on any atom is 0.242 e. The lowest BCUT2D eigenvalue weighted by Gasteiger charge is -2.16. The minimum atomic E-state index is 0.239. The maximum absolute atomic E-state index is 12.4. The minimum absolute atomic E-state index is 0.239. The van der Waals surface area contributed by atoms with Gasteiger partial charge in [0.2, 0.25) is 5.91 Å². The molecule has 0 unspecified atom stereocenters. The van der Waals surface area contributed by atoms with Gasteiger partial charge in [0.25, 0.3) is 0 Å². The Labute approximate surface area is 125 Å². The van der Waals surface area contributed by atoms with Crippen LogP contribution in [0.4, 0.5) is 0 Å². The molecule has 4 heteroatoms. The minimum Gasteiger partial charge on any atom is -0.341 e. The quantitative estimate of drug-likeness (QED) is 0.916. The third kappa shape index (κ3) is 2.95. The summed E-state index contributed by atoms with van der Waals surface area (Å²) in [6, 6.07) is 8.33. The number of carbonyl (C=O) groups excluding carboxylic acids is 1. The predicted molar refractivity (Wildman–Crippen MR) is 85.1 cm³/mol. The number of para-hydroxylation sites is 1. The van der Waals surface area contributed by atoms with Crippen molar-refractivity contribution < 1.29 is 4.79 Å². The van der Waals surface area contributed by atoms with E-state index < -0.39 is 0 Å². The van der Waals surface area contributed by atoms with Crippen LogP contribution in [0.5, 0.6) is 0 Å². The van der Waals surface area contributed by atoms with E-state index in [1.165, 1.54) is 10.9 Å². The van der Waals surface area contributed by atoms with E-state index >= 15 is 0 Å². The van der Waals surface area contributed by atoms with Crippen LogP contribution in [0, 0.1) is 0 Å². The molecular weight excluding hydrogens is 262 g/mol. The summed E-state index contributed by atoms with van der Waals surface area (Å²) in [6.45, 7) is 6.20. The monoisotopic (exact) mass is 285 g/mol. The van der Waals surface area contributed by atoms with E-state index in [1.807, 2.05) is 11.0 Å². The van der Waals surface area contributed by atoms with Crippen molar-refractivity contribution in [1.82, 2.24) is 14.8 Å². The summed E-state index contributed by atoms with van der Waals surface area (Å²) in [4.78, 5) is 14.4. The van der Waals surface area contributed by atoms with Crippen molar-refractivity contribution in [3.8, 4) is 0 Å². The average Bonchev–Trinajstić information content (AvgIpc) is 3.14. The molecule has 0 atom stereocenters. The number of amides is 1. The van der Waals surface area contributed by atoms with Gasteiger partial charge >= 0.3 is 0 Å². The molecule has 1 saturated heterocycles. The largest absolute Gasteiger partial charge is 0.341 e. The smallest absolute Gasteiger partial charge is 0.242 e. The molecule has 4 nitrogen and oxygen atoms in total. The van der Waals surface area contributed by atoms with Gasteiger partial charge in [0.1, 0.15) is 6.54 Å². The zero-order valence-corrected chi connectivity index (χ0v) is 12.6. The first-order valence-electron chi connectivity index (χ1n) is 7.85. The first-order valence-corrected chi connectivity index (χ1v) is 7.85. The topological polar surface area (TPSA) is 37.3 Å². The molecule has 1 aliphatic rings. The highest BCUT2D eigenvalue weighted by atomic mass is 16.2. The molecule has 1 fully saturated rings. The van der Waals surface area contributed by atoms with E-state index in [0.29, 0.717) is 6.54 Å². The molecule has 112 valence electrons. The number of nitrogens with one attached hydrogen (secondary N) is 1. The van der Waals surface area contributed by atoms with E-state index in [9.17, 15) is 4.79 Å². The number of rotatable bonds is 5. The van der Waals surface area contributed by atoms with Crippen LogP contribution in [0.3, 0.4) is 0 Å². The molecular formula is C17H23N3O. The van der Waals surface area contributed by atoms with Crippen LogP contribution < -0.4 is 5.32 Å².